The van der Waals surface area contributed by atoms with Gasteiger partial charge in [0.25, 0.3) is 0 Å². The summed E-state index contributed by atoms with van der Waals surface area (Å²) in [5.74, 6) is -0.329. The molecule has 0 unspecified atom stereocenters. The van der Waals surface area contributed by atoms with Crippen molar-refractivity contribution in [3.05, 3.63) is 71.8 Å². The van der Waals surface area contributed by atoms with E-state index in [0.29, 0.717) is 0 Å². The van der Waals surface area contributed by atoms with Crippen LogP contribution in [-0.2, 0) is 34.0 Å². The molecule has 2 aromatic carbocycles. The number of hydrogen-bond donors (Lipinski definition) is 0. The van der Waals surface area contributed by atoms with E-state index >= 15 is 0 Å². The number of benzene rings is 2. The average molecular weight is 430 g/mol. The molecule has 0 atom stereocenters. The van der Waals surface area contributed by atoms with Crippen molar-refractivity contribution in [3.8, 4) is 0 Å². The highest BCUT2D eigenvalue weighted by atomic mass is 31.1. The number of carbonyl (C=O) groups excluding carboxylic acids is 2. The third-order valence-electron chi connectivity index (χ3n) is 5.09. The van der Waals surface area contributed by atoms with Crippen molar-refractivity contribution in [2.24, 2.45) is 0 Å². The average Bonchev–Trinajstić information content (AvgIpc) is 2.71. The summed E-state index contributed by atoms with van der Waals surface area (Å²) in [6, 6.07) is 19.5. The van der Waals surface area contributed by atoms with E-state index < -0.39 is 8.25 Å². The molecule has 162 valence electrons. The molecule has 0 aliphatic rings. The van der Waals surface area contributed by atoms with Gasteiger partial charge in [-0.3, -0.25) is 14.2 Å². The largest absolute Gasteiger partial charge is 0.319 e. The molecule has 0 N–H and O–H groups in total. The lowest BCUT2D eigenvalue weighted by atomic mass is 9.80. The van der Waals surface area contributed by atoms with Crippen molar-refractivity contribution in [3.63, 3.8) is 0 Å². The van der Waals surface area contributed by atoms with Crippen molar-refractivity contribution < 1.29 is 23.2 Å². The van der Waals surface area contributed by atoms with Gasteiger partial charge in [-0.15, -0.1) is 0 Å². The number of rotatable bonds is 12. The molecule has 0 saturated heterocycles. The van der Waals surface area contributed by atoms with E-state index in [9.17, 15) is 14.2 Å². The van der Waals surface area contributed by atoms with Gasteiger partial charge in [0, 0.05) is 12.8 Å². The molecule has 6 heteroatoms. The van der Waals surface area contributed by atoms with Crippen LogP contribution in [0.25, 0.3) is 0 Å². The van der Waals surface area contributed by atoms with Crippen LogP contribution in [0.5, 0.6) is 0 Å². The van der Waals surface area contributed by atoms with E-state index in [0.717, 1.165) is 11.1 Å². The van der Waals surface area contributed by atoms with Gasteiger partial charge < -0.3 is 9.05 Å². The van der Waals surface area contributed by atoms with Crippen molar-refractivity contribution in [1.82, 2.24) is 0 Å². The van der Waals surface area contributed by atoms with Crippen LogP contribution in [0.4, 0.5) is 0 Å². The second-order valence-corrected chi connectivity index (χ2v) is 9.84. The molecular weight excluding hydrogens is 399 g/mol. The first-order valence-corrected chi connectivity index (χ1v) is 11.3. The summed E-state index contributed by atoms with van der Waals surface area (Å²) < 4.78 is 22.1. The van der Waals surface area contributed by atoms with Crippen LogP contribution >= 0.6 is 8.25 Å². The van der Waals surface area contributed by atoms with Gasteiger partial charge in [0.1, 0.15) is 13.2 Å². The van der Waals surface area contributed by atoms with Crippen LogP contribution in [0.2, 0.25) is 0 Å². The molecule has 0 heterocycles. The fraction of sp³-hybridized carbons (Fsp3) is 0.417. The van der Waals surface area contributed by atoms with E-state index in [-0.39, 0.29) is 48.5 Å². The zero-order chi connectivity index (χ0) is 22.2. The second kappa shape index (κ2) is 10.8. The zero-order valence-electron chi connectivity index (χ0n) is 18.1. The van der Waals surface area contributed by atoms with E-state index in [1.807, 2.05) is 88.4 Å². The highest BCUT2D eigenvalue weighted by molar-refractivity contribution is 7.33. The fourth-order valence-electron chi connectivity index (χ4n) is 3.39. The lowest BCUT2D eigenvalue weighted by Gasteiger charge is -2.24. The first-order chi connectivity index (χ1) is 14.1. The summed E-state index contributed by atoms with van der Waals surface area (Å²) in [6.07, 6.45) is 0.521. The molecule has 5 nitrogen and oxygen atoms in total. The third-order valence-corrected chi connectivity index (χ3v) is 5.85. The van der Waals surface area contributed by atoms with E-state index in [1.54, 1.807) is 0 Å². The zero-order valence-corrected chi connectivity index (χ0v) is 19.1. The number of Topliss-reactive ketones (excluding diaryl/α,β-unsaturated/α-hetero) is 2. The minimum atomic E-state index is -2.91. The molecule has 2 rings (SSSR count). The first-order valence-electron chi connectivity index (χ1n) is 10.0. The molecule has 0 radical (unpaired) electrons. The Balaban J connectivity index is 1.74. The SMILES string of the molecule is CC(C)(CC(=O)CO[PH](=O)OCC(=O)CC(C)(C)c1ccccc1)c1ccccc1. The Bertz CT molecular complexity index is 788. The van der Waals surface area contributed by atoms with Crippen molar-refractivity contribution >= 4 is 19.8 Å². The van der Waals surface area contributed by atoms with Gasteiger partial charge in [-0.1, -0.05) is 88.4 Å². The van der Waals surface area contributed by atoms with Crippen LogP contribution in [0, 0.1) is 0 Å². The maximum atomic E-state index is 12.2. The number of hydrogen-bond acceptors (Lipinski definition) is 5. The van der Waals surface area contributed by atoms with Crippen LogP contribution < -0.4 is 0 Å². The van der Waals surface area contributed by atoms with E-state index in [4.69, 9.17) is 9.05 Å². The third kappa shape index (κ3) is 7.64. The second-order valence-electron chi connectivity index (χ2n) is 8.76. The quantitative estimate of drug-likeness (QED) is 0.428. The lowest BCUT2D eigenvalue weighted by Crippen LogP contribution is -2.24. The number of ketones is 2. The normalized spacial score (nSPS) is 12.2. The summed E-state index contributed by atoms with van der Waals surface area (Å²) in [7, 11) is -2.91. The molecule has 0 amide bonds. The van der Waals surface area contributed by atoms with Gasteiger partial charge in [0.05, 0.1) is 0 Å². The molecular formula is C24H31O5P. The summed E-state index contributed by atoms with van der Waals surface area (Å²) >= 11 is 0. The summed E-state index contributed by atoms with van der Waals surface area (Å²) in [6.45, 7) is 7.33. The molecule has 0 spiro atoms. The van der Waals surface area contributed by atoms with Gasteiger partial charge in [-0.05, 0) is 22.0 Å². The highest BCUT2D eigenvalue weighted by Crippen LogP contribution is 2.30. The predicted octanol–water partition coefficient (Wildman–Crippen LogP) is 5.28. The Hall–Kier alpha value is -2.07. The van der Waals surface area contributed by atoms with Crippen LogP contribution in [0.15, 0.2) is 60.7 Å². The Kier molecular flexibility index (Phi) is 8.72. The van der Waals surface area contributed by atoms with Crippen molar-refractivity contribution in [2.45, 2.75) is 51.4 Å². The summed E-state index contributed by atoms with van der Waals surface area (Å²) in [4.78, 5) is 24.5. The van der Waals surface area contributed by atoms with Crippen LogP contribution in [0.3, 0.4) is 0 Å². The predicted molar refractivity (Wildman–Crippen MR) is 119 cm³/mol. The van der Waals surface area contributed by atoms with E-state index in [1.165, 1.54) is 0 Å². The summed E-state index contributed by atoms with van der Waals surface area (Å²) in [5.41, 5.74) is 1.40. The van der Waals surface area contributed by atoms with Crippen molar-refractivity contribution in [2.75, 3.05) is 13.2 Å². The highest BCUT2D eigenvalue weighted by Gasteiger charge is 2.26. The molecule has 0 saturated carbocycles. The maximum Gasteiger partial charge on any atom is 0.319 e. The Morgan fingerprint density at radius 3 is 1.37 bits per heavy atom. The molecule has 30 heavy (non-hydrogen) atoms. The fourth-order valence-corrected chi connectivity index (χ4v) is 4.03. The molecule has 0 fully saturated rings. The van der Waals surface area contributed by atoms with Gasteiger partial charge >= 0.3 is 8.25 Å². The number of carbonyl (C=O) groups is 2. The molecule has 0 aliphatic heterocycles. The van der Waals surface area contributed by atoms with Crippen molar-refractivity contribution in [1.29, 1.82) is 0 Å². The Morgan fingerprint density at radius 2 is 1.03 bits per heavy atom. The maximum absolute atomic E-state index is 12.2. The minimum absolute atomic E-state index is 0.164. The van der Waals surface area contributed by atoms with Gasteiger partial charge in [-0.2, -0.15) is 0 Å². The van der Waals surface area contributed by atoms with E-state index in [2.05, 4.69) is 0 Å². The van der Waals surface area contributed by atoms with Gasteiger partial charge in [-0.25, -0.2) is 0 Å². The van der Waals surface area contributed by atoms with Crippen LogP contribution in [0.1, 0.15) is 51.7 Å². The molecule has 0 aromatic heterocycles. The topological polar surface area (TPSA) is 69.7 Å². The van der Waals surface area contributed by atoms with Crippen LogP contribution in [-0.4, -0.2) is 24.8 Å². The first kappa shape index (κ1) is 24.2. The molecule has 0 bridgehead atoms. The Labute approximate surface area is 179 Å². The smallest absolute Gasteiger partial charge is 0.303 e. The minimum Gasteiger partial charge on any atom is -0.303 e. The van der Waals surface area contributed by atoms with Gasteiger partial charge in [0.2, 0.25) is 0 Å². The molecule has 0 aliphatic carbocycles. The molecule has 2 aromatic rings. The summed E-state index contributed by atoms with van der Waals surface area (Å²) in [5, 5.41) is 0. The van der Waals surface area contributed by atoms with Gasteiger partial charge in [0.15, 0.2) is 11.6 Å². The monoisotopic (exact) mass is 430 g/mol. The lowest BCUT2D eigenvalue weighted by molar-refractivity contribution is -0.122. The Morgan fingerprint density at radius 1 is 0.700 bits per heavy atom. The standard InChI is InChI=1S/C24H31O5P/c1-23(2,19-11-7-5-8-12-19)15-21(25)17-28-30(27)29-18-22(26)16-24(3,4)20-13-9-6-10-14-20/h5-14,30H,15-18H2,1-4H3.